The molecule has 0 aliphatic rings. The molecule has 1 heterocycles. The zero-order valence-corrected chi connectivity index (χ0v) is 12.9. The molecule has 0 aliphatic carbocycles. The highest BCUT2D eigenvalue weighted by atomic mass is 32.2. The molecule has 3 nitrogen and oxygen atoms in total. The van der Waals surface area contributed by atoms with Gasteiger partial charge in [0.2, 0.25) is 0 Å². The van der Waals surface area contributed by atoms with Gasteiger partial charge in [-0.15, -0.1) is 11.8 Å². The van der Waals surface area contributed by atoms with Gasteiger partial charge < -0.3 is 10.6 Å². The molecular formula is C15H17N3S2. The summed E-state index contributed by atoms with van der Waals surface area (Å²) >= 11 is 7.05. The lowest BCUT2D eigenvalue weighted by molar-refractivity contribution is 0.990. The number of thioether (sulfide) groups is 1. The Morgan fingerprint density at radius 2 is 1.85 bits per heavy atom. The smallest absolute Gasteiger partial charge is 0.170 e. The van der Waals surface area contributed by atoms with Gasteiger partial charge in [0.15, 0.2) is 5.11 Å². The highest BCUT2D eigenvalue weighted by Crippen LogP contribution is 2.17. The van der Waals surface area contributed by atoms with Crippen LogP contribution in [0.15, 0.2) is 53.7 Å². The molecule has 2 rings (SSSR count). The summed E-state index contributed by atoms with van der Waals surface area (Å²) in [6.45, 7) is 2.93. The lowest BCUT2D eigenvalue weighted by atomic mass is 10.2. The lowest BCUT2D eigenvalue weighted by Gasteiger charge is -2.10. The number of thiocarbonyl (C=S) groups is 1. The Kier molecular flexibility index (Phi) is 5.83. The maximum atomic E-state index is 5.23. The fourth-order valence-corrected chi connectivity index (χ4v) is 2.57. The van der Waals surface area contributed by atoms with E-state index in [0.717, 1.165) is 18.0 Å². The number of nitrogens with one attached hydrogen (secondary N) is 2. The van der Waals surface area contributed by atoms with E-state index in [-0.39, 0.29) is 0 Å². The Morgan fingerprint density at radius 1 is 1.15 bits per heavy atom. The van der Waals surface area contributed by atoms with E-state index in [4.69, 9.17) is 12.2 Å². The molecule has 0 unspecified atom stereocenters. The molecule has 1 aromatic heterocycles. The molecule has 5 heteroatoms. The molecule has 0 spiro atoms. The van der Waals surface area contributed by atoms with Crippen LogP contribution in [0.4, 0.5) is 5.69 Å². The lowest BCUT2D eigenvalue weighted by Crippen LogP contribution is -2.30. The van der Waals surface area contributed by atoms with Gasteiger partial charge in [-0.05, 0) is 43.4 Å². The van der Waals surface area contributed by atoms with Crippen molar-refractivity contribution in [2.24, 2.45) is 0 Å². The summed E-state index contributed by atoms with van der Waals surface area (Å²) in [5, 5.41) is 6.95. The van der Waals surface area contributed by atoms with Crippen LogP contribution in [0.5, 0.6) is 0 Å². The molecule has 104 valence electrons. The van der Waals surface area contributed by atoms with Crippen LogP contribution in [-0.4, -0.2) is 22.4 Å². The quantitative estimate of drug-likeness (QED) is 0.502. The van der Waals surface area contributed by atoms with Gasteiger partial charge in [0, 0.05) is 35.3 Å². The molecule has 2 N–H and O–H groups in total. The SMILES string of the molecule is Cc1ccc(SCCNC(=S)Nc2ccncc2)cc1. The van der Waals surface area contributed by atoms with Gasteiger partial charge in [-0.3, -0.25) is 4.98 Å². The summed E-state index contributed by atoms with van der Waals surface area (Å²) in [6, 6.07) is 12.3. The van der Waals surface area contributed by atoms with Crippen LogP contribution in [0, 0.1) is 6.92 Å². The summed E-state index contributed by atoms with van der Waals surface area (Å²) in [5.74, 6) is 0.973. The Morgan fingerprint density at radius 3 is 2.55 bits per heavy atom. The molecule has 0 amide bonds. The first kappa shape index (κ1) is 14.8. The standard InChI is InChI=1S/C15H17N3S2/c1-12-2-4-14(5-3-12)20-11-10-17-15(19)18-13-6-8-16-9-7-13/h2-9H,10-11H2,1H3,(H2,16,17,18,19). The van der Waals surface area contributed by atoms with Gasteiger partial charge in [0.25, 0.3) is 0 Å². The first-order chi connectivity index (χ1) is 9.74. The van der Waals surface area contributed by atoms with Crippen LogP contribution in [0.1, 0.15) is 5.56 Å². The van der Waals surface area contributed by atoms with E-state index < -0.39 is 0 Å². The Labute approximate surface area is 129 Å². The van der Waals surface area contributed by atoms with E-state index >= 15 is 0 Å². The van der Waals surface area contributed by atoms with Gasteiger partial charge in [-0.1, -0.05) is 17.7 Å². The number of hydrogen-bond acceptors (Lipinski definition) is 3. The van der Waals surface area contributed by atoms with Crippen molar-refractivity contribution in [2.75, 3.05) is 17.6 Å². The molecule has 0 saturated heterocycles. The highest BCUT2D eigenvalue weighted by molar-refractivity contribution is 7.99. The fraction of sp³-hybridized carbons (Fsp3) is 0.200. The molecule has 2 aromatic rings. The number of aryl methyl sites for hydroxylation is 1. The van der Waals surface area contributed by atoms with Crippen molar-refractivity contribution in [2.45, 2.75) is 11.8 Å². The summed E-state index contributed by atoms with van der Waals surface area (Å²) in [5.41, 5.74) is 2.24. The number of anilines is 1. The average molecular weight is 303 g/mol. The number of pyridine rings is 1. The maximum absolute atomic E-state index is 5.23. The largest absolute Gasteiger partial charge is 0.362 e. The van der Waals surface area contributed by atoms with Crippen molar-refractivity contribution in [3.8, 4) is 0 Å². The summed E-state index contributed by atoms with van der Waals surface area (Å²) in [7, 11) is 0. The molecule has 0 atom stereocenters. The van der Waals surface area contributed by atoms with Gasteiger partial charge >= 0.3 is 0 Å². The molecule has 0 aliphatic heterocycles. The van der Waals surface area contributed by atoms with Crippen molar-refractivity contribution in [1.29, 1.82) is 0 Å². The zero-order valence-electron chi connectivity index (χ0n) is 11.3. The van der Waals surface area contributed by atoms with Crippen LogP contribution in [0.2, 0.25) is 0 Å². The van der Waals surface area contributed by atoms with E-state index in [2.05, 4.69) is 46.8 Å². The van der Waals surface area contributed by atoms with Crippen LogP contribution in [0.25, 0.3) is 0 Å². The first-order valence-corrected chi connectivity index (χ1v) is 7.78. The van der Waals surface area contributed by atoms with Crippen LogP contribution < -0.4 is 10.6 Å². The van der Waals surface area contributed by atoms with Crippen molar-refractivity contribution in [1.82, 2.24) is 10.3 Å². The predicted octanol–water partition coefficient (Wildman–Crippen LogP) is 3.47. The average Bonchev–Trinajstić information content (AvgIpc) is 2.46. The molecule has 0 radical (unpaired) electrons. The van der Waals surface area contributed by atoms with Gasteiger partial charge in [0.1, 0.15) is 0 Å². The van der Waals surface area contributed by atoms with Gasteiger partial charge in [-0.25, -0.2) is 0 Å². The van der Waals surface area contributed by atoms with E-state index in [9.17, 15) is 0 Å². The zero-order chi connectivity index (χ0) is 14.2. The molecule has 0 fully saturated rings. The summed E-state index contributed by atoms with van der Waals surface area (Å²) in [4.78, 5) is 5.24. The van der Waals surface area contributed by atoms with Crippen molar-refractivity contribution in [3.05, 3.63) is 54.4 Å². The number of rotatable bonds is 5. The fourth-order valence-electron chi connectivity index (χ4n) is 1.58. The van der Waals surface area contributed by atoms with Crippen LogP contribution >= 0.6 is 24.0 Å². The third kappa shape index (κ3) is 5.19. The van der Waals surface area contributed by atoms with E-state index in [1.54, 1.807) is 12.4 Å². The van der Waals surface area contributed by atoms with Crippen molar-refractivity contribution in [3.63, 3.8) is 0 Å². The third-order valence-electron chi connectivity index (χ3n) is 2.62. The van der Waals surface area contributed by atoms with E-state index in [1.165, 1.54) is 10.5 Å². The minimum absolute atomic E-state index is 0.640. The number of aromatic nitrogens is 1. The molecular weight excluding hydrogens is 286 g/mol. The van der Waals surface area contributed by atoms with Gasteiger partial charge in [0.05, 0.1) is 0 Å². The molecule has 1 aromatic carbocycles. The molecule has 0 saturated carbocycles. The first-order valence-electron chi connectivity index (χ1n) is 6.38. The summed E-state index contributed by atoms with van der Waals surface area (Å²) < 4.78 is 0. The second kappa shape index (κ2) is 7.87. The second-order valence-electron chi connectivity index (χ2n) is 4.28. The monoisotopic (exact) mass is 303 g/mol. The van der Waals surface area contributed by atoms with Crippen LogP contribution in [-0.2, 0) is 0 Å². The Hall–Kier alpha value is -1.59. The number of nitrogens with zero attached hydrogens (tertiary/aromatic N) is 1. The minimum atomic E-state index is 0.640. The molecule has 0 bridgehead atoms. The van der Waals surface area contributed by atoms with Gasteiger partial charge in [-0.2, -0.15) is 0 Å². The second-order valence-corrected chi connectivity index (χ2v) is 5.85. The predicted molar refractivity (Wildman–Crippen MR) is 90.4 cm³/mol. The Bertz CT molecular complexity index is 541. The minimum Gasteiger partial charge on any atom is -0.362 e. The normalized spacial score (nSPS) is 10.1. The third-order valence-corrected chi connectivity index (χ3v) is 3.88. The van der Waals surface area contributed by atoms with Crippen molar-refractivity contribution < 1.29 is 0 Å². The van der Waals surface area contributed by atoms with E-state index in [0.29, 0.717) is 5.11 Å². The van der Waals surface area contributed by atoms with Crippen molar-refractivity contribution >= 4 is 34.8 Å². The van der Waals surface area contributed by atoms with Crippen LogP contribution in [0.3, 0.4) is 0 Å². The maximum Gasteiger partial charge on any atom is 0.170 e. The van der Waals surface area contributed by atoms with E-state index in [1.807, 2.05) is 23.9 Å². The topological polar surface area (TPSA) is 37.0 Å². The Balaban J connectivity index is 1.66. The molecule has 20 heavy (non-hydrogen) atoms. The highest BCUT2D eigenvalue weighted by Gasteiger charge is 1.97. The number of hydrogen-bond donors (Lipinski definition) is 2. The number of benzene rings is 1. The summed E-state index contributed by atoms with van der Waals surface area (Å²) in [6.07, 6.45) is 3.47.